The lowest BCUT2D eigenvalue weighted by Crippen LogP contribution is -2.53. The first kappa shape index (κ1) is 13.8. The number of hydrogen-bond acceptors (Lipinski definition) is 4. The maximum atomic E-state index is 10.7. The van der Waals surface area contributed by atoms with E-state index >= 15 is 0 Å². The molecule has 1 aliphatic carbocycles. The Labute approximate surface area is 121 Å². The minimum Gasteiger partial charge on any atom is -0.389 e. The largest absolute Gasteiger partial charge is 0.389 e. The van der Waals surface area contributed by atoms with Crippen LogP contribution in [0.1, 0.15) is 57.6 Å². The lowest BCUT2D eigenvalue weighted by Gasteiger charge is -2.47. The number of aromatic nitrogens is 2. The van der Waals surface area contributed by atoms with Crippen molar-refractivity contribution in [3.8, 4) is 0 Å². The van der Waals surface area contributed by atoms with Crippen molar-refractivity contribution in [3.05, 3.63) is 18.1 Å². The van der Waals surface area contributed by atoms with E-state index in [0.717, 1.165) is 43.9 Å². The highest BCUT2D eigenvalue weighted by Gasteiger charge is 2.42. The molecule has 0 amide bonds. The van der Waals surface area contributed by atoms with Crippen LogP contribution in [0.4, 0.5) is 5.82 Å². The molecule has 1 aromatic rings. The zero-order chi connectivity index (χ0) is 14.2. The van der Waals surface area contributed by atoms with Crippen LogP contribution in [0.3, 0.4) is 0 Å². The summed E-state index contributed by atoms with van der Waals surface area (Å²) in [6.07, 6.45) is 7.10. The molecule has 4 heteroatoms. The quantitative estimate of drug-likeness (QED) is 0.901. The number of anilines is 1. The van der Waals surface area contributed by atoms with Gasteiger partial charge in [0, 0.05) is 30.8 Å². The Balaban J connectivity index is 1.77. The number of aliphatic hydroxyl groups is 1. The molecule has 0 radical (unpaired) electrons. The maximum absolute atomic E-state index is 10.7. The van der Waals surface area contributed by atoms with Gasteiger partial charge in [0.05, 0.1) is 5.60 Å². The monoisotopic (exact) mass is 275 g/mol. The third-order valence-corrected chi connectivity index (χ3v) is 5.02. The average Bonchev–Trinajstić information content (AvgIpc) is 2.46. The van der Waals surface area contributed by atoms with E-state index in [1.54, 1.807) is 6.33 Å². The molecular weight excluding hydrogens is 250 g/mol. The van der Waals surface area contributed by atoms with E-state index in [0.29, 0.717) is 11.8 Å². The first-order valence-corrected chi connectivity index (χ1v) is 7.88. The van der Waals surface area contributed by atoms with E-state index in [9.17, 15) is 5.11 Å². The zero-order valence-electron chi connectivity index (χ0n) is 12.5. The van der Waals surface area contributed by atoms with Gasteiger partial charge >= 0.3 is 0 Å². The highest BCUT2D eigenvalue weighted by Crippen LogP contribution is 2.40. The van der Waals surface area contributed by atoms with Crippen LogP contribution >= 0.6 is 0 Å². The summed E-state index contributed by atoms with van der Waals surface area (Å²) < 4.78 is 0. The Morgan fingerprint density at radius 3 is 2.95 bits per heavy atom. The van der Waals surface area contributed by atoms with Gasteiger partial charge in [0.2, 0.25) is 0 Å². The zero-order valence-corrected chi connectivity index (χ0v) is 12.5. The molecule has 0 spiro atoms. The number of rotatable bonds is 2. The number of fused-ring (bicyclic) bond motifs is 1. The Hall–Kier alpha value is -1.16. The second-order valence-corrected chi connectivity index (χ2v) is 6.70. The van der Waals surface area contributed by atoms with E-state index in [-0.39, 0.29) is 0 Å². The molecule has 1 saturated heterocycles. The minimum absolute atomic E-state index is 0.405. The maximum Gasteiger partial charge on any atom is 0.132 e. The van der Waals surface area contributed by atoms with Gasteiger partial charge < -0.3 is 10.0 Å². The summed E-state index contributed by atoms with van der Waals surface area (Å²) in [5.41, 5.74) is 0.683. The van der Waals surface area contributed by atoms with Gasteiger partial charge in [-0.3, -0.25) is 0 Å². The van der Waals surface area contributed by atoms with Gasteiger partial charge in [-0.15, -0.1) is 0 Å². The summed E-state index contributed by atoms with van der Waals surface area (Å²) >= 11 is 0. The molecule has 2 heterocycles. The predicted molar refractivity (Wildman–Crippen MR) is 79.9 cm³/mol. The molecule has 1 aromatic heterocycles. The van der Waals surface area contributed by atoms with E-state index in [1.165, 1.54) is 12.8 Å². The Bertz CT molecular complexity index is 477. The van der Waals surface area contributed by atoms with Gasteiger partial charge in [-0.2, -0.15) is 0 Å². The lowest BCUT2D eigenvalue weighted by atomic mass is 9.71. The highest BCUT2D eigenvalue weighted by atomic mass is 16.3. The second kappa shape index (κ2) is 5.32. The summed E-state index contributed by atoms with van der Waals surface area (Å²) in [6.45, 7) is 6.15. The van der Waals surface area contributed by atoms with E-state index in [2.05, 4.69) is 34.8 Å². The van der Waals surface area contributed by atoms with Crippen LogP contribution in [0.5, 0.6) is 0 Å². The Morgan fingerprint density at radius 1 is 1.30 bits per heavy atom. The van der Waals surface area contributed by atoms with Crippen molar-refractivity contribution in [2.75, 3.05) is 18.0 Å². The molecule has 2 unspecified atom stereocenters. The molecular formula is C16H25N3O. The molecule has 1 N–H and O–H groups in total. The molecule has 2 atom stereocenters. The highest BCUT2D eigenvalue weighted by molar-refractivity contribution is 5.40. The second-order valence-electron chi connectivity index (χ2n) is 6.70. The van der Waals surface area contributed by atoms with Gasteiger partial charge in [0.1, 0.15) is 12.1 Å². The predicted octanol–water partition coefficient (Wildman–Crippen LogP) is 2.73. The van der Waals surface area contributed by atoms with Gasteiger partial charge in [-0.05, 0) is 25.2 Å². The molecule has 0 bridgehead atoms. The SMILES string of the molecule is CC(C)c1cc(N2CCC3(O)CCCCC3C2)ncn1. The first-order chi connectivity index (χ1) is 9.58. The molecule has 3 rings (SSSR count). The normalized spacial score (nSPS) is 30.4. The molecule has 20 heavy (non-hydrogen) atoms. The standard InChI is InChI=1S/C16H25N3O/c1-12(2)14-9-15(18-11-17-14)19-8-7-16(20)6-4-3-5-13(16)10-19/h9,11-13,20H,3-8,10H2,1-2H3. The average molecular weight is 275 g/mol. The fraction of sp³-hybridized carbons (Fsp3) is 0.750. The van der Waals surface area contributed by atoms with Crippen molar-refractivity contribution in [2.45, 2.75) is 57.5 Å². The van der Waals surface area contributed by atoms with Crippen LogP contribution in [-0.4, -0.2) is 33.8 Å². The Kier molecular flexibility index (Phi) is 3.67. The third kappa shape index (κ3) is 2.53. The van der Waals surface area contributed by atoms with E-state index < -0.39 is 5.60 Å². The summed E-state index contributed by atoms with van der Waals surface area (Å²) in [6, 6.07) is 2.11. The lowest BCUT2D eigenvalue weighted by molar-refractivity contribution is -0.0613. The smallest absolute Gasteiger partial charge is 0.132 e. The van der Waals surface area contributed by atoms with Crippen LogP contribution in [-0.2, 0) is 0 Å². The van der Waals surface area contributed by atoms with Crippen LogP contribution in [0.25, 0.3) is 0 Å². The summed E-state index contributed by atoms with van der Waals surface area (Å²) in [5, 5.41) is 10.7. The van der Waals surface area contributed by atoms with Crippen molar-refractivity contribution in [2.24, 2.45) is 5.92 Å². The summed E-state index contributed by atoms with van der Waals surface area (Å²) in [5.74, 6) is 1.85. The van der Waals surface area contributed by atoms with Crippen molar-refractivity contribution >= 4 is 5.82 Å². The Morgan fingerprint density at radius 2 is 2.15 bits per heavy atom. The fourth-order valence-corrected chi connectivity index (χ4v) is 3.63. The van der Waals surface area contributed by atoms with Crippen molar-refractivity contribution in [1.29, 1.82) is 0 Å². The number of hydrogen-bond donors (Lipinski definition) is 1. The number of nitrogens with zero attached hydrogens (tertiary/aromatic N) is 3. The van der Waals surface area contributed by atoms with Crippen LogP contribution in [0, 0.1) is 5.92 Å². The minimum atomic E-state index is -0.414. The third-order valence-electron chi connectivity index (χ3n) is 5.02. The molecule has 1 aliphatic heterocycles. The van der Waals surface area contributed by atoms with Crippen LogP contribution < -0.4 is 4.90 Å². The van der Waals surface area contributed by atoms with Gasteiger partial charge in [-0.25, -0.2) is 9.97 Å². The topological polar surface area (TPSA) is 49.2 Å². The van der Waals surface area contributed by atoms with Gasteiger partial charge in [0.25, 0.3) is 0 Å². The molecule has 1 saturated carbocycles. The van der Waals surface area contributed by atoms with Crippen molar-refractivity contribution in [1.82, 2.24) is 9.97 Å². The summed E-state index contributed by atoms with van der Waals surface area (Å²) in [4.78, 5) is 11.1. The fourth-order valence-electron chi connectivity index (χ4n) is 3.63. The summed E-state index contributed by atoms with van der Waals surface area (Å²) in [7, 11) is 0. The van der Waals surface area contributed by atoms with Gasteiger partial charge in [-0.1, -0.05) is 26.7 Å². The van der Waals surface area contributed by atoms with Crippen LogP contribution in [0.15, 0.2) is 12.4 Å². The van der Waals surface area contributed by atoms with E-state index in [4.69, 9.17) is 0 Å². The van der Waals surface area contributed by atoms with Crippen molar-refractivity contribution < 1.29 is 5.11 Å². The van der Waals surface area contributed by atoms with Gasteiger partial charge in [0.15, 0.2) is 0 Å². The van der Waals surface area contributed by atoms with Crippen molar-refractivity contribution in [3.63, 3.8) is 0 Å². The molecule has 110 valence electrons. The molecule has 4 nitrogen and oxygen atoms in total. The molecule has 2 fully saturated rings. The van der Waals surface area contributed by atoms with Crippen LogP contribution in [0.2, 0.25) is 0 Å². The molecule has 0 aromatic carbocycles. The first-order valence-electron chi connectivity index (χ1n) is 7.88. The number of piperidine rings is 1. The molecule has 2 aliphatic rings. The van der Waals surface area contributed by atoms with E-state index in [1.807, 2.05) is 0 Å².